The van der Waals surface area contributed by atoms with Gasteiger partial charge in [-0.15, -0.1) is 0 Å². The molecular weight excluding hydrogens is 242 g/mol. The van der Waals surface area contributed by atoms with E-state index in [9.17, 15) is 9.90 Å². The van der Waals surface area contributed by atoms with Gasteiger partial charge in [0.15, 0.2) is 0 Å². The molecule has 5 nitrogen and oxygen atoms in total. The Kier molecular flexibility index (Phi) is 3.21. The number of aromatic nitrogens is 2. The minimum absolute atomic E-state index is 0.107. The fourth-order valence-electron chi connectivity index (χ4n) is 2.85. The molecule has 0 aliphatic carbocycles. The molecule has 19 heavy (non-hydrogen) atoms. The molecule has 2 aromatic rings. The molecule has 5 heteroatoms. The number of fused-ring (bicyclic) bond motifs is 1. The largest absolute Gasteiger partial charge is 0.550 e. The molecule has 0 bridgehead atoms. The molecule has 0 spiro atoms. The van der Waals surface area contributed by atoms with Crippen LogP contribution in [0.5, 0.6) is 0 Å². The van der Waals surface area contributed by atoms with Crippen LogP contribution in [0, 0.1) is 0 Å². The number of carboxylic acid groups (broad SMARTS) is 1. The Bertz CT molecular complexity index is 600. The highest BCUT2D eigenvalue weighted by Crippen LogP contribution is 2.12. The Labute approximate surface area is 111 Å². The average molecular weight is 259 g/mol. The fourth-order valence-corrected chi connectivity index (χ4v) is 2.85. The van der Waals surface area contributed by atoms with Crippen molar-refractivity contribution in [1.82, 2.24) is 9.38 Å². The van der Waals surface area contributed by atoms with Crippen LogP contribution < -0.4 is 10.0 Å². The van der Waals surface area contributed by atoms with Gasteiger partial charge in [0.05, 0.1) is 18.8 Å². The summed E-state index contributed by atoms with van der Waals surface area (Å²) in [7, 11) is 0. The second-order valence-electron chi connectivity index (χ2n) is 5.12. The number of quaternary nitrogens is 1. The van der Waals surface area contributed by atoms with Crippen molar-refractivity contribution in [3.63, 3.8) is 0 Å². The molecule has 100 valence electrons. The lowest BCUT2D eigenvalue weighted by Gasteiger charge is -2.13. The minimum Gasteiger partial charge on any atom is -0.550 e. The van der Waals surface area contributed by atoms with Crippen LogP contribution in [0.1, 0.15) is 24.2 Å². The third kappa shape index (κ3) is 2.46. The molecule has 1 saturated heterocycles. The molecule has 0 unspecified atom stereocenters. The summed E-state index contributed by atoms with van der Waals surface area (Å²) in [6, 6.07) is 5.76. The molecule has 3 rings (SSSR count). The summed E-state index contributed by atoms with van der Waals surface area (Å²) in [6.45, 7) is 3.16. The summed E-state index contributed by atoms with van der Waals surface area (Å²) in [5.74, 6) is -1.07. The summed E-state index contributed by atoms with van der Waals surface area (Å²) >= 11 is 0. The van der Waals surface area contributed by atoms with Gasteiger partial charge in [0.2, 0.25) is 0 Å². The number of carboxylic acids is 1. The number of nitrogens with one attached hydrogen (secondary N) is 1. The Morgan fingerprint density at radius 3 is 2.89 bits per heavy atom. The number of likely N-dealkylation sites (tertiary alicyclic amines) is 1. The van der Waals surface area contributed by atoms with E-state index in [0.29, 0.717) is 5.69 Å². The van der Waals surface area contributed by atoms with Crippen molar-refractivity contribution in [3.05, 3.63) is 35.8 Å². The average Bonchev–Trinajstić information content (AvgIpc) is 2.99. The maximum Gasteiger partial charge on any atom is 0.137 e. The zero-order valence-corrected chi connectivity index (χ0v) is 10.8. The van der Waals surface area contributed by atoms with E-state index in [4.69, 9.17) is 0 Å². The van der Waals surface area contributed by atoms with Gasteiger partial charge in [0.25, 0.3) is 0 Å². The van der Waals surface area contributed by atoms with Gasteiger partial charge in [0.1, 0.15) is 17.9 Å². The summed E-state index contributed by atoms with van der Waals surface area (Å²) < 4.78 is 2.00. The number of aliphatic carboxylic acids is 1. The van der Waals surface area contributed by atoms with E-state index in [-0.39, 0.29) is 6.42 Å². The predicted molar refractivity (Wildman–Crippen MR) is 67.5 cm³/mol. The first kappa shape index (κ1) is 12.2. The molecule has 1 aliphatic rings. The van der Waals surface area contributed by atoms with Crippen molar-refractivity contribution in [2.24, 2.45) is 0 Å². The van der Waals surface area contributed by atoms with Crippen LogP contribution in [0.25, 0.3) is 5.65 Å². The van der Waals surface area contributed by atoms with Crippen molar-refractivity contribution >= 4 is 11.6 Å². The number of hydrogen-bond acceptors (Lipinski definition) is 3. The van der Waals surface area contributed by atoms with Crippen molar-refractivity contribution in [2.75, 3.05) is 13.1 Å². The van der Waals surface area contributed by atoms with Gasteiger partial charge in [0, 0.05) is 31.4 Å². The van der Waals surface area contributed by atoms with E-state index < -0.39 is 5.97 Å². The van der Waals surface area contributed by atoms with E-state index in [1.54, 1.807) is 0 Å². The predicted octanol–water partition coefficient (Wildman–Crippen LogP) is -1.19. The SMILES string of the molecule is O=C([O-])Cc1nc2ccccn2c1C[NH+]1CCCC1. The number of carbonyl (C=O) groups is 1. The molecule has 0 saturated carbocycles. The Morgan fingerprint density at radius 1 is 1.37 bits per heavy atom. The lowest BCUT2D eigenvalue weighted by Crippen LogP contribution is -3.08. The Hall–Kier alpha value is -1.88. The molecule has 1 aliphatic heterocycles. The standard InChI is InChI=1S/C14H17N3O2/c18-14(19)9-11-12(10-16-6-3-4-7-16)17-8-2-1-5-13(17)15-11/h1-2,5,8H,3-4,6-7,9-10H2,(H,18,19). The quantitative estimate of drug-likeness (QED) is 0.750. The Morgan fingerprint density at radius 2 is 2.16 bits per heavy atom. The summed E-state index contributed by atoms with van der Waals surface area (Å²) in [4.78, 5) is 16.8. The molecule has 1 N–H and O–H groups in total. The third-order valence-corrected chi connectivity index (χ3v) is 3.75. The second-order valence-corrected chi connectivity index (χ2v) is 5.12. The van der Waals surface area contributed by atoms with Crippen LogP contribution in [0.2, 0.25) is 0 Å². The van der Waals surface area contributed by atoms with Crippen LogP contribution in [0.15, 0.2) is 24.4 Å². The molecule has 0 aromatic carbocycles. The zero-order chi connectivity index (χ0) is 13.2. The van der Waals surface area contributed by atoms with E-state index in [1.165, 1.54) is 17.7 Å². The number of nitrogens with zero attached hydrogens (tertiary/aromatic N) is 2. The van der Waals surface area contributed by atoms with Gasteiger partial charge in [-0.1, -0.05) is 6.07 Å². The molecule has 0 amide bonds. The van der Waals surface area contributed by atoms with Crippen LogP contribution in [-0.2, 0) is 17.8 Å². The highest BCUT2D eigenvalue weighted by molar-refractivity contribution is 5.68. The first-order chi connectivity index (χ1) is 9.24. The summed E-state index contributed by atoms with van der Waals surface area (Å²) in [5.41, 5.74) is 2.47. The fraction of sp³-hybridized carbons (Fsp3) is 0.429. The first-order valence-corrected chi connectivity index (χ1v) is 6.72. The molecule has 2 aromatic heterocycles. The molecular formula is C14H17N3O2. The van der Waals surface area contributed by atoms with Gasteiger partial charge >= 0.3 is 0 Å². The van der Waals surface area contributed by atoms with Crippen molar-refractivity contribution in [3.8, 4) is 0 Å². The molecule has 0 radical (unpaired) electrons. The number of pyridine rings is 1. The highest BCUT2D eigenvalue weighted by Gasteiger charge is 2.21. The van der Waals surface area contributed by atoms with Crippen LogP contribution >= 0.6 is 0 Å². The first-order valence-electron chi connectivity index (χ1n) is 6.72. The van der Waals surface area contributed by atoms with E-state index in [2.05, 4.69) is 4.98 Å². The third-order valence-electron chi connectivity index (χ3n) is 3.75. The van der Waals surface area contributed by atoms with Gasteiger partial charge in [-0.25, -0.2) is 4.98 Å². The normalized spacial score (nSPS) is 16.2. The minimum atomic E-state index is -1.07. The Balaban J connectivity index is 1.99. The second kappa shape index (κ2) is 5.01. The molecule has 3 heterocycles. The van der Waals surface area contributed by atoms with Gasteiger partial charge < -0.3 is 14.8 Å². The lowest BCUT2D eigenvalue weighted by atomic mass is 10.2. The maximum atomic E-state index is 10.9. The molecule has 1 fully saturated rings. The van der Waals surface area contributed by atoms with Crippen molar-refractivity contribution < 1.29 is 14.8 Å². The maximum absolute atomic E-state index is 10.9. The topological polar surface area (TPSA) is 61.9 Å². The summed E-state index contributed by atoms with van der Waals surface area (Å²) in [5, 5.41) is 10.9. The van der Waals surface area contributed by atoms with Gasteiger partial charge in [-0.05, 0) is 12.1 Å². The van der Waals surface area contributed by atoms with Crippen molar-refractivity contribution in [1.29, 1.82) is 0 Å². The van der Waals surface area contributed by atoms with Crippen LogP contribution in [0.4, 0.5) is 0 Å². The zero-order valence-electron chi connectivity index (χ0n) is 10.8. The highest BCUT2D eigenvalue weighted by atomic mass is 16.4. The molecule has 0 atom stereocenters. The van der Waals surface area contributed by atoms with Crippen LogP contribution in [-0.4, -0.2) is 28.4 Å². The number of imidazole rings is 1. The smallest absolute Gasteiger partial charge is 0.137 e. The van der Waals surface area contributed by atoms with E-state index >= 15 is 0 Å². The number of rotatable bonds is 4. The number of carbonyl (C=O) groups excluding carboxylic acids is 1. The van der Waals surface area contributed by atoms with E-state index in [1.807, 2.05) is 28.8 Å². The van der Waals surface area contributed by atoms with E-state index in [0.717, 1.165) is 31.0 Å². The lowest BCUT2D eigenvalue weighted by molar-refractivity contribution is -0.901. The monoisotopic (exact) mass is 259 g/mol. The number of hydrogen-bond donors (Lipinski definition) is 1. The van der Waals surface area contributed by atoms with Gasteiger partial charge in [-0.3, -0.25) is 4.40 Å². The summed E-state index contributed by atoms with van der Waals surface area (Å²) in [6.07, 6.45) is 4.35. The van der Waals surface area contributed by atoms with Crippen molar-refractivity contribution in [2.45, 2.75) is 25.8 Å². The van der Waals surface area contributed by atoms with Gasteiger partial charge in [-0.2, -0.15) is 0 Å². The van der Waals surface area contributed by atoms with Crippen LogP contribution in [0.3, 0.4) is 0 Å².